The number of nitrogens with two attached hydrogens (primary N) is 1. The highest BCUT2D eigenvalue weighted by Gasteiger charge is 2.04. The van der Waals surface area contributed by atoms with E-state index in [1.165, 1.54) is 18.3 Å². The molecule has 5 heteroatoms. The summed E-state index contributed by atoms with van der Waals surface area (Å²) >= 11 is 3.27. The van der Waals surface area contributed by atoms with Crippen molar-refractivity contribution in [1.82, 2.24) is 4.98 Å². The molecule has 2 aromatic rings. The molecule has 0 atom stereocenters. The summed E-state index contributed by atoms with van der Waals surface area (Å²) in [5.74, 6) is 0.898. The minimum absolute atomic E-state index is 0.352. The maximum absolute atomic E-state index is 13.0. The van der Waals surface area contributed by atoms with E-state index < -0.39 is 0 Å². The van der Waals surface area contributed by atoms with Gasteiger partial charge in [-0.25, -0.2) is 9.37 Å². The first kappa shape index (κ1) is 10.9. The van der Waals surface area contributed by atoms with Crippen molar-refractivity contribution in [2.24, 2.45) is 0 Å². The van der Waals surface area contributed by atoms with Crippen molar-refractivity contribution in [3.8, 4) is 11.5 Å². The fourth-order valence-corrected chi connectivity index (χ4v) is 1.50. The van der Waals surface area contributed by atoms with E-state index in [0.717, 1.165) is 0 Å². The van der Waals surface area contributed by atoms with Crippen LogP contribution >= 0.6 is 15.9 Å². The molecule has 2 rings (SSSR count). The Morgan fingerprint density at radius 2 is 2.06 bits per heavy atom. The lowest BCUT2D eigenvalue weighted by atomic mass is 10.3. The fourth-order valence-electron chi connectivity index (χ4n) is 1.17. The molecule has 0 bridgehead atoms. The molecule has 1 heterocycles. The number of hydrogen-bond acceptors (Lipinski definition) is 3. The van der Waals surface area contributed by atoms with E-state index >= 15 is 0 Å². The summed E-state index contributed by atoms with van der Waals surface area (Å²) in [6, 6.07) is 7.43. The molecular formula is C11H8BrFN2O. The molecule has 16 heavy (non-hydrogen) atoms. The van der Waals surface area contributed by atoms with E-state index in [4.69, 9.17) is 10.5 Å². The Hall–Kier alpha value is -1.62. The van der Waals surface area contributed by atoms with E-state index in [9.17, 15) is 4.39 Å². The number of aromatic nitrogens is 1. The molecule has 0 saturated heterocycles. The van der Waals surface area contributed by atoms with Crippen molar-refractivity contribution >= 4 is 21.7 Å². The number of nitrogens with zero attached hydrogens (tertiary/aromatic N) is 1. The number of pyridine rings is 1. The van der Waals surface area contributed by atoms with Gasteiger partial charge in [0.2, 0.25) is 0 Å². The second kappa shape index (κ2) is 4.49. The molecule has 82 valence electrons. The zero-order valence-electron chi connectivity index (χ0n) is 8.15. The Kier molecular flexibility index (Phi) is 3.05. The number of rotatable bonds is 2. The minimum Gasteiger partial charge on any atom is -0.456 e. The first-order valence-electron chi connectivity index (χ1n) is 4.49. The Bertz CT molecular complexity index is 519. The first-order chi connectivity index (χ1) is 7.65. The molecule has 0 fully saturated rings. The second-order valence-corrected chi connectivity index (χ2v) is 3.95. The Morgan fingerprint density at radius 3 is 2.81 bits per heavy atom. The minimum atomic E-state index is -0.361. The first-order valence-corrected chi connectivity index (χ1v) is 5.29. The largest absolute Gasteiger partial charge is 0.456 e. The maximum atomic E-state index is 13.0. The van der Waals surface area contributed by atoms with E-state index in [1.54, 1.807) is 18.2 Å². The average molecular weight is 283 g/mol. The van der Waals surface area contributed by atoms with Crippen LogP contribution in [0, 0.1) is 5.82 Å². The molecule has 0 aliphatic heterocycles. The topological polar surface area (TPSA) is 48.1 Å². The third-order valence-corrected chi connectivity index (χ3v) is 2.53. The summed E-state index contributed by atoms with van der Waals surface area (Å²) < 4.78 is 19.1. The van der Waals surface area contributed by atoms with Crippen molar-refractivity contribution in [2.75, 3.05) is 5.73 Å². The Morgan fingerprint density at radius 1 is 1.25 bits per heavy atom. The van der Waals surface area contributed by atoms with Crippen molar-refractivity contribution in [3.05, 3.63) is 46.8 Å². The molecule has 0 radical (unpaired) electrons. The summed E-state index contributed by atoms with van der Waals surface area (Å²) in [5, 5.41) is 0. The van der Waals surface area contributed by atoms with E-state index in [1.807, 2.05) is 0 Å². The zero-order valence-corrected chi connectivity index (χ0v) is 9.74. The normalized spacial score (nSPS) is 10.1. The van der Waals surface area contributed by atoms with Crippen LogP contribution in [-0.4, -0.2) is 4.98 Å². The molecule has 1 aromatic carbocycles. The SMILES string of the molecule is Nc1cc(Oc2cc(F)ccc2Br)ccn1. The van der Waals surface area contributed by atoms with Gasteiger partial charge < -0.3 is 10.5 Å². The molecule has 2 N–H and O–H groups in total. The van der Waals surface area contributed by atoms with E-state index in [2.05, 4.69) is 20.9 Å². The van der Waals surface area contributed by atoms with Crippen LogP contribution in [-0.2, 0) is 0 Å². The van der Waals surface area contributed by atoms with Gasteiger partial charge in [0.15, 0.2) is 0 Å². The van der Waals surface area contributed by atoms with E-state index in [0.29, 0.717) is 21.8 Å². The van der Waals surface area contributed by atoms with Gasteiger partial charge >= 0.3 is 0 Å². The number of halogens is 2. The number of ether oxygens (including phenoxy) is 1. The average Bonchev–Trinajstić information content (AvgIpc) is 2.24. The van der Waals surface area contributed by atoms with Gasteiger partial charge in [-0.3, -0.25) is 0 Å². The highest BCUT2D eigenvalue weighted by molar-refractivity contribution is 9.10. The fraction of sp³-hybridized carbons (Fsp3) is 0. The Labute approximate surface area is 100 Å². The van der Waals surface area contributed by atoms with Crippen LogP contribution in [0.5, 0.6) is 11.5 Å². The van der Waals surface area contributed by atoms with Crippen molar-refractivity contribution in [3.63, 3.8) is 0 Å². The predicted octanol–water partition coefficient (Wildman–Crippen LogP) is 3.36. The number of nitrogen functional groups attached to an aromatic ring is 1. The summed E-state index contributed by atoms with van der Waals surface area (Å²) in [7, 11) is 0. The lowest BCUT2D eigenvalue weighted by molar-refractivity contribution is 0.473. The van der Waals surface area contributed by atoms with Gasteiger partial charge in [0, 0.05) is 18.3 Å². The lowest BCUT2D eigenvalue weighted by Crippen LogP contribution is -1.91. The van der Waals surface area contributed by atoms with Crippen LogP contribution < -0.4 is 10.5 Å². The summed E-state index contributed by atoms with van der Waals surface area (Å²) in [5.41, 5.74) is 5.50. The molecule has 0 aliphatic rings. The lowest BCUT2D eigenvalue weighted by Gasteiger charge is -2.07. The molecule has 0 unspecified atom stereocenters. The molecule has 0 amide bonds. The van der Waals surface area contributed by atoms with Gasteiger partial charge in [0.05, 0.1) is 4.47 Å². The summed E-state index contributed by atoms with van der Waals surface area (Å²) in [6.45, 7) is 0. The molecule has 1 aromatic heterocycles. The number of benzene rings is 1. The smallest absolute Gasteiger partial charge is 0.144 e. The van der Waals surface area contributed by atoms with Crippen LogP contribution in [0.2, 0.25) is 0 Å². The summed E-state index contributed by atoms with van der Waals surface area (Å²) in [6.07, 6.45) is 1.53. The number of anilines is 1. The number of hydrogen-bond donors (Lipinski definition) is 1. The van der Waals surface area contributed by atoms with Gasteiger partial charge in [-0.1, -0.05) is 0 Å². The van der Waals surface area contributed by atoms with Gasteiger partial charge in [-0.2, -0.15) is 0 Å². The monoisotopic (exact) mass is 282 g/mol. The maximum Gasteiger partial charge on any atom is 0.144 e. The van der Waals surface area contributed by atoms with Gasteiger partial charge in [0.1, 0.15) is 23.1 Å². The van der Waals surface area contributed by atoms with Crippen molar-refractivity contribution in [1.29, 1.82) is 0 Å². The molecule has 0 saturated carbocycles. The highest BCUT2D eigenvalue weighted by atomic mass is 79.9. The molecule has 3 nitrogen and oxygen atoms in total. The third-order valence-electron chi connectivity index (χ3n) is 1.87. The Balaban J connectivity index is 2.30. The van der Waals surface area contributed by atoms with Crippen LogP contribution in [0.4, 0.5) is 10.2 Å². The molecule has 0 spiro atoms. The van der Waals surface area contributed by atoms with E-state index in [-0.39, 0.29) is 5.82 Å². The second-order valence-electron chi connectivity index (χ2n) is 3.09. The third kappa shape index (κ3) is 2.49. The van der Waals surface area contributed by atoms with Gasteiger partial charge in [-0.05, 0) is 34.1 Å². The van der Waals surface area contributed by atoms with Gasteiger partial charge in [0.25, 0.3) is 0 Å². The quantitative estimate of drug-likeness (QED) is 0.919. The van der Waals surface area contributed by atoms with Gasteiger partial charge in [-0.15, -0.1) is 0 Å². The zero-order chi connectivity index (χ0) is 11.5. The van der Waals surface area contributed by atoms with Crippen LogP contribution in [0.3, 0.4) is 0 Å². The van der Waals surface area contributed by atoms with Crippen molar-refractivity contribution in [2.45, 2.75) is 0 Å². The molecule has 0 aliphatic carbocycles. The van der Waals surface area contributed by atoms with Crippen molar-refractivity contribution < 1.29 is 9.13 Å². The highest BCUT2D eigenvalue weighted by Crippen LogP contribution is 2.30. The van der Waals surface area contributed by atoms with Crippen LogP contribution in [0.1, 0.15) is 0 Å². The standard InChI is InChI=1S/C11H8BrFN2O/c12-9-2-1-7(13)5-10(9)16-8-3-4-15-11(14)6-8/h1-6H,(H2,14,15). The van der Waals surface area contributed by atoms with Crippen LogP contribution in [0.25, 0.3) is 0 Å². The summed E-state index contributed by atoms with van der Waals surface area (Å²) in [4.78, 5) is 3.83. The van der Waals surface area contributed by atoms with Crippen LogP contribution in [0.15, 0.2) is 41.0 Å². The molecular weight excluding hydrogens is 275 g/mol. The predicted molar refractivity (Wildman–Crippen MR) is 62.8 cm³/mol.